The predicted octanol–water partition coefficient (Wildman–Crippen LogP) is 0.280. The van der Waals surface area contributed by atoms with Crippen LogP contribution in [0.3, 0.4) is 0 Å². The maximum Gasteiger partial charge on any atom is 0.745 e. The Hall–Kier alpha value is -0.220. The second-order valence-corrected chi connectivity index (χ2v) is 2.16. The Bertz CT molecular complexity index is 100. The lowest BCUT2D eigenvalue weighted by atomic mass is 11.3. The molecule has 4 N–H and O–H groups in total. The molecule has 6 nitrogen and oxygen atoms in total. The van der Waals surface area contributed by atoms with Crippen LogP contribution in [0.2, 0.25) is 0 Å². The van der Waals surface area contributed by atoms with Gasteiger partial charge < -0.3 is 5.48 Å². The maximum atomic E-state index is 9.39. The summed E-state index contributed by atoms with van der Waals surface area (Å²) in [7, 11) is -5.85. The number of hydrogen-bond acceptors (Lipinski definition) is 3. The monoisotopic (exact) mass is 190 g/mol. The van der Waals surface area contributed by atoms with E-state index in [1.807, 2.05) is 0 Å². The minimum absolute atomic E-state index is 0. The van der Waals surface area contributed by atoms with E-state index in [4.69, 9.17) is 9.79 Å². The Balaban J connectivity index is -0.000000149. The molecule has 0 aromatic rings. The Morgan fingerprint density at radius 1 is 1.10 bits per heavy atom. The summed E-state index contributed by atoms with van der Waals surface area (Å²) in [6.45, 7) is 6.00. The summed E-state index contributed by atoms with van der Waals surface area (Å²) in [6.07, 6.45) is 0. The highest BCUT2D eigenvalue weighted by atomic mass is 31.2. The van der Waals surface area contributed by atoms with Crippen molar-refractivity contribution in [1.82, 2.24) is 0 Å². The molecule has 0 bridgehead atoms. The molecule has 0 aliphatic rings. The van der Waals surface area contributed by atoms with Crippen molar-refractivity contribution in [2.24, 2.45) is 0 Å². The van der Waals surface area contributed by atoms with Gasteiger partial charge in [-0.1, -0.05) is 0 Å². The van der Waals surface area contributed by atoms with Crippen LogP contribution in [0.25, 0.3) is 0 Å². The zero-order valence-corrected chi connectivity index (χ0v) is 6.72. The van der Waals surface area contributed by atoms with Gasteiger partial charge in [-0.2, -0.15) is 0 Å². The van der Waals surface area contributed by atoms with Gasteiger partial charge >= 0.3 is 16.5 Å². The first kappa shape index (κ1) is 16.4. The van der Waals surface area contributed by atoms with E-state index in [0.29, 0.717) is 0 Å². The molecule has 2 atom stereocenters. The maximum absolute atomic E-state index is 9.39. The van der Waals surface area contributed by atoms with Crippen LogP contribution in [-0.2, 0) is 13.4 Å². The van der Waals surface area contributed by atoms with Gasteiger partial charge in [0.2, 0.25) is 0 Å². The second-order valence-electron chi connectivity index (χ2n) is 0.557. The third kappa shape index (κ3) is 25.0. The highest BCUT2D eigenvalue weighted by molar-refractivity contribution is 7.46. The lowest BCUT2D eigenvalue weighted by Gasteiger charge is -1.50. The standard InChI is InChI=1S/C2H4.O5P2.H2O/c1-2;1-6(2)5-7(3)4;/h1-2H2;;1H2/p+2. The molecule has 8 heteroatoms. The Morgan fingerprint density at radius 2 is 1.30 bits per heavy atom. The molecule has 0 fully saturated rings. The van der Waals surface area contributed by atoms with Crippen LogP contribution in [0, 0.1) is 0 Å². The van der Waals surface area contributed by atoms with Crippen LogP contribution in [0.5, 0.6) is 0 Å². The van der Waals surface area contributed by atoms with Gasteiger partial charge in [0.15, 0.2) is 4.31 Å². The van der Waals surface area contributed by atoms with Crippen LogP contribution < -0.4 is 0 Å². The lowest BCUT2D eigenvalue weighted by Crippen LogP contribution is -1.58. The van der Waals surface area contributed by atoms with E-state index >= 15 is 0 Å². The van der Waals surface area contributed by atoms with Gasteiger partial charge in [-0.25, -0.2) is 0 Å². The van der Waals surface area contributed by atoms with Gasteiger partial charge in [0.1, 0.15) is 0 Å². The van der Waals surface area contributed by atoms with Crippen molar-refractivity contribution in [1.29, 1.82) is 0 Å². The molecule has 0 radical (unpaired) electrons. The lowest BCUT2D eigenvalue weighted by molar-refractivity contribution is 0.371. The Kier molecular flexibility index (Phi) is 19.0. The molecule has 2 unspecified atom stereocenters. The summed E-state index contributed by atoms with van der Waals surface area (Å²) in [4.78, 5) is 15.3. The van der Waals surface area contributed by atoms with Gasteiger partial charge in [-0.15, -0.1) is 22.9 Å². The van der Waals surface area contributed by atoms with Gasteiger partial charge in [0.05, 0.1) is 0 Å². The highest BCUT2D eigenvalue weighted by Crippen LogP contribution is 2.30. The molecule has 0 saturated heterocycles. The quantitative estimate of drug-likeness (QED) is 0.479. The van der Waals surface area contributed by atoms with E-state index in [1.54, 1.807) is 0 Å². The van der Waals surface area contributed by atoms with Gasteiger partial charge in [0.25, 0.3) is 0 Å². The third-order valence-corrected chi connectivity index (χ3v) is 1.26. The SMILES string of the molecule is C=C.O.O=[P+](O)O[P+](=O)O. The Morgan fingerprint density at radius 3 is 1.30 bits per heavy atom. The molecule has 0 aliphatic carbocycles. The fourth-order valence-corrected chi connectivity index (χ4v) is 0.538. The molecule has 0 aromatic carbocycles. The smallest absolute Gasteiger partial charge is 0.412 e. The molecule has 0 saturated carbocycles. The zero-order chi connectivity index (χ0) is 7.86. The number of rotatable bonds is 2. The molecule has 0 amide bonds. The average Bonchev–Trinajstić information content (AvgIpc) is 1.68. The minimum atomic E-state index is -2.92. The van der Waals surface area contributed by atoms with Crippen LogP contribution in [0.15, 0.2) is 13.2 Å². The minimum Gasteiger partial charge on any atom is -0.412 e. The summed E-state index contributed by atoms with van der Waals surface area (Å²) in [5, 5.41) is 0. The summed E-state index contributed by atoms with van der Waals surface area (Å²) >= 11 is 0. The van der Waals surface area contributed by atoms with Crippen LogP contribution >= 0.6 is 16.5 Å². The van der Waals surface area contributed by atoms with Crippen LogP contribution in [0.4, 0.5) is 0 Å². The second kappa shape index (κ2) is 11.6. The van der Waals surface area contributed by atoms with E-state index in [9.17, 15) is 9.13 Å². The van der Waals surface area contributed by atoms with Gasteiger partial charge in [-0.3, -0.25) is 0 Å². The first-order valence-electron chi connectivity index (χ1n) is 1.63. The fraction of sp³-hybridized carbons (Fsp3) is 0. The first-order valence-corrected chi connectivity index (χ1v) is 3.89. The molecular weight excluding hydrogens is 182 g/mol. The first-order chi connectivity index (χ1) is 4.13. The molecule has 0 spiro atoms. The zero-order valence-electron chi connectivity index (χ0n) is 4.93. The average molecular weight is 190 g/mol. The van der Waals surface area contributed by atoms with Gasteiger partial charge in [0, 0.05) is 9.13 Å². The highest BCUT2D eigenvalue weighted by Gasteiger charge is 2.31. The molecule has 0 aliphatic heterocycles. The molecule has 0 aromatic heterocycles. The Labute approximate surface area is 59.4 Å². The van der Waals surface area contributed by atoms with Crippen LogP contribution in [-0.4, -0.2) is 15.3 Å². The topological polar surface area (TPSA) is 115 Å². The largest absolute Gasteiger partial charge is 0.745 e. The molecule has 60 valence electrons. The van der Waals surface area contributed by atoms with E-state index in [1.165, 1.54) is 0 Å². The summed E-state index contributed by atoms with van der Waals surface area (Å²) < 4.78 is 22.2. The molecule has 10 heavy (non-hydrogen) atoms. The fourth-order valence-electron chi connectivity index (χ4n) is 0.0598. The van der Waals surface area contributed by atoms with E-state index < -0.39 is 16.5 Å². The van der Waals surface area contributed by atoms with Crippen molar-refractivity contribution >= 4 is 16.5 Å². The van der Waals surface area contributed by atoms with Crippen molar-refractivity contribution in [3.05, 3.63) is 13.2 Å². The normalized spacial score (nSPS) is 9.80. The molecule has 0 rings (SSSR count). The van der Waals surface area contributed by atoms with Crippen molar-refractivity contribution < 1.29 is 28.7 Å². The van der Waals surface area contributed by atoms with E-state index in [0.717, 1.165) is 0 Å². The summed E-state index contributed by atoms with van der Waals surface area (Å²) in [6, 6.07) is 0. The van der Waals surface area contributed by atoms with Crippen molar-refractivity contribution in [3.8, 4) is 0 Å². The van der Waals surface area contributed by atoms with Crippen molar-refractivity contribution in [3.63, 3.8) is 0 Å². The van der Waals surface area contributed by atoms with Crippen molar-refractivity contribution in [2.45, 2.75) is 0 Å². The number of hydrogen-bond donors (Lipinski definition) is 2. The summed E-state index contributed by atoms with van der Waals surface area (Å²) in [5.41, 5.74) is 0. The van der Waals surface area contributed by atoms with Crippen molar-refractivity contribution in [2.75, 3.05) is 0 Å². The van der Waals surface area contributed by atoms with E-state index in [2.05, 4.69) is 17.5 Å². The third-order valence-electron chi connectivity index (χ3n) is 0.140. The predicted molar refractivity (Wildman–Crippen MR) is 35.6 cm³/mol. The molecular formula is C2H8O6P2+2. The molecule has 0 heterocycles. The summed E-state index contributed by atoms with van der Waals surface area (Å²) in [5.74, 6) is 0. The van der Waals surface area contributed by atoms with Crippen LogP contribution in [0.1, 0.15) is 0 Å². The van der Waals surface area contributed by atoms with Gasteiger partial charge in [-0.05, 0) is 0 Å². The van der Waals surface area contributed by atoms with E-state index in [-0.39, 0.29) is 5.48 Å².